The molecule has 0 aromatic heterocycles. The average molecular weight is 207 g/mol. The van der Waals surface area contributed by atoms with Crippen LogP contribution in [0.15, 0.2) is 35.2 Å². The Morgan fingerprint density at radius 3 is 2.57 bits per heavy atom. The van der Waals surface area contributed by atoms with Crippen molar-refractivity contribution in [3.05, 3.63) is 30.3 Å². The Labute approximate surface area is 90.4 Å². The predicted molar refractivity (Wildman–Crippen MR) is 64.2 cm³/mol. The molecule has 1 aromatic rings. The molecule has 0 heterocycles. The first-order valence-electron chi connectivity index (χ1n) is 5.13. The van der Waals surface area contributed by atoms with Gasteiger partial charge in [-0.1, -0.05) is 49.7 Å². The van der Waals surface area contributed by atoms with E-state index in [1.807, 2.05) is 18.2 Å². The smallest absolute Gasteiger partial charge is 0.0689 e. The van der Waals surface area contributed by atoms with E-state index in [9.17, 15) is 0 Å². The highest BCUT2D eigenvalue weighted by atomic mass is 32.2. The molecule has 14 heavy (non-hydrogen) atoms. The zero-order valence-electron chi connectivity index (χ0n) is 8.62. The summed E-state index contributed by atoms with van der Waals surface area (Å²) in [4.78, 5) is 1.17. The maximum Gasteiger partial charge on any atom is 0.0689 e. The maximum atomic E-state index is 7.77. The topological polar surface area (TPSA) is 23.9 Å². The first-order chi connectivity index (χ1) is 6.83. The van der Waals surface area contributed by atoms with Crippen LogP contribution in [-0.2, 0) is 0 Å². The van der Waals surface area contributed by atoms with Gasteiger partial charge in [-0.15, -0.1) is 0 Å². The van der Waals surface area contributed by atoms with Gasteiger partial charge in [-0.25, -0.2) is 0 Å². The first-order valence-corrected chi connectivity index (χ1v) is 5.95. The molecule has 1 aromatic carbocycles. The van der Waals surface area contributed by atoms with Gasteiger partial charge in [0.25, 0.3) is 0 Å². The molecule has 0 saturated heterocycles. The fourth-order valence-electron chi connectivity index (χ4n) is 1.22. The summed E-state index contributed by atoms with van der Waals surface area (Å²) >= 11 is 1.58. The molecule has 0 atom stereocenters. The van der Waals surface area contributed by atoms with Crippen molar-refractivity contribution >= 4 is 16.8 Å². The van der Waals surface area contributed by atoms with Crippen LogP contribution in [0.5, 0.6) is 0 Å². The molecule has 0 bridgehead atoms. The van der Waals surface area contributed by atoms with E-state index in [0.29, 0.717) is 0 Å². The van der Waals surface area contributed by atoms with E-state index in [-0.39, 0.29) is 0 Å². The van der Waals surface area contributed by atoms with Gasteiger partial charge in [0.15, 0.2) is 0 Å². The van der Waals surface area contributed by atoms with Crippen LogP contribution >= 0.6 is 11.8 Å². The summed E-state index contributed by atoms with van der Waals surface area (Å²) in [6.07, 6.45) is 4.53. The average Bonchev–Trinajstić information content (AvgIpc) is 2.20. The van der Waals surface area contributed by atoms with Gasteiger partial charge in [-0.3, -0.25) is 5.41 Å². The molecule has 0 aliphatic heterocycles. The molecular weight excluding hydrogens is 190 g/mol. The van der Waals surface area contributed by atoms with Crippen molar-refractivity contribution in [2.45, 2.75) is 37.5 Å². The Balaban J connectivity index is 2.27. The Bertz CT molecular complexity index is 269. The Hall–Kier alpha value is -0.760. The molecular formula is C12H17NS. The van der Waals surface area contributed by atoms with E-state index >= 15 is 0 Å². The number of nitrogens with one attached hydrogen (secondary N) is 1. The second kappa shape index (κ2) is 6.66. The van der Waals surface area contributed by atoms with Crippen LogP contribution in [0.4, 0.5) is 0 Å². The van der Waals surface area contributed by atoms with Crippen LogP contribution in [0.3, 0.4) is 0 Å². The Morgan fingerprint density at radius 2 is 1.93 bits per heavy atom. The van der Waals surface area contributed by atoms with Crippen molar-refractivity contribution in [1.82, 2.24) is 0 Å². The van der Waals surface area contributed by atoms with E-state index in [1.165, 1.54) is 17.7 Å². The van der Waals surface area contributed by atoms with Gasteiger partial charge in [0.2, 0.25) is 0 Å². The molecule has 1 N–H and O–H groups in total. The largest absolute Gasteiger partial charge is 0.298 e. The van der Waals surface area contributed by atoms with Gasteiger partial charge < -0.3 is 0 Å². The van der Waals surface area contributed by atoms with Crippen LogP contribution in [0, 0.1) is 5.41 Å². The van der Waals surface area contributed by atoms with E-state index in [2.05, 4.69) is 19.1 Å². The minimum Gasteiger partial charge on any atom is -0.298 e. The highest BCUT2D eigenvalue weighted by Gasteiger charge is 1.99. The predicted octanol–water partition coefficient (Wildman–Crippen LogP) is 4.34. The highest BCUT2D eigenvalue weighted by molar-refractivity contribution is 8.13. The molecule has 0 aliphatic rings. The van der Waals surface area contributed by atoms with Gasteiger partial charge in [0.05, 0.1) is 5.04 Å². The van der Waals surface area contributed by atoms with Gasteiger partial charge in [0.1, 0.15) is 0 Å². The van der Waals surface area contributed by atoms with Gasteiger partial charge in [0, 0.05) is 4.90 Å². The lowest BCUT2D eigenvalue weighted by molar-refractivity contribution is 0.744. The summed E-state index contributed by atoms with van der Waals surface area (Å²) in [5.74, 6) is 0. The van der Waals surface area contributed by atoms with Crippen molar-refractivity contribution in [3.8, 4) is 0 Å². The summed E-state index contributed by atoms with van der Waals surface area (Å²) in [5, 5.41) is 8.55. The highest BCUT2D eigenvalue weighted by Crippen LogP contribution is 2.20. The third-order valence-electron chi connectivity index (χ3n) is 1.99. The molecule has 76 valence electrons. The molecule has 1 rings (SSSR count). The normalized spacial score (nSPS) is 10.1. The minimum atomic E-state index is 0.782. The van der Waals surface area contributed by atoms with E-state index < -0.39 is 0 Å². The standard InChI is InChI=1S/C12H17NS/c1-2-3-5-10-12(13)14-11-8-6-4-7-9-11/h4,6-9,13H,2-3,5,10H2,1H3. The third kappa shape index (κ3) is 4.47. The van der Waals surface area contributed by atoms with Crippen LogP contribution in [0.25, 0.3) is 0 Å². The molecule has 0 spiro atoms. The summed E-state index contributed by atoms with van der Waals surface area (Å²) in [6, 6.07) is 10.1. The molecule has 0 unspecified atom stereocenters. The lowest BCUT2D eigenvalue weighted by Gasteiger charge is -2.02. The van der Waals surface area contributed by atoms with Crippen molar-refractivity contribution in [2.24, 2.45) is 0 Å². The van der Waals surface area contributed by atoms with Crippen molar-refractivity contribution < 1.29 is 0 Å². The number of thioether (sulfide) groups is 1. The van der Waals surface area contributed by atoms with Gasteiger partial charge in [-0.05, 0) is 25.0 Å². The van der Waals surface area contributed by atoms with Crippen LogP contribution in [0.2, 0.25) is 0 Å². The number of hydrogen-bond acceptors (Lipinski definition) is 2. The van der Waals surface area contributed by atoms with Crippen LogP contribution < -0.4 is 0 Å². The quantitative estimate of drug-likeness (QED) is 0.330. The van der Waals surface area contributed by atoms with Gasteiger partial charge >= 0.3 is 0 Å². The Morgan fingerprint density at radius 1 is 1.21 bits per heavy atom. The first kappa shape index (κ1) is 11.3. The van der Waals surface area contributed by atoms with Gasteiger partial charge in [-0.2, -0.15) is 0 Å². The van der Waals surface area contributed by atoms with Crippen molar-refractivity contribution in [2.75, 3.05) is 0 Å². The zero-order valence-corrected chi connectivity index (χ0v) is 9.44. The molecule has 0 amide bonds. The fourth-order valence-corrected chi connectivity index (χ4v) is 2.04. The summed E-state index contributed by atoms with van der Waals surface area (Å²) in [5.41, 5.74) is 0. The SMILES string of the molecule is CCCCCC(=N)Sc1ccccc1. The molecule has 1 nitrogen and oxygen atoms in total. The number of hydrogen-bond donors (Lipinski definition) is 1. The second-order valence-electron chi connectivity index (χ2n) is 3.30. The Kier molecular flexibility index (Phi) is 5.38. The molecule has 0 saturated carbocycles. The number of unbranched alkanes of at least 4 members (excludes halogenated alkanes) is 2. The molecule has 0 aliphatic carbocycles. The lowest BCUT2D eigenvalue weighted by atomic mass is 10.2. The van der Waals surface area contributed by atoms with Crippen LogP contribution in [-0.4, -0.2) is 5.04 Å². The number of benzene rings is 1. The fraction of sp³-hybridized carbons (Fsp3) is 0.417. The summed E-state index contributed by atoms with van der Waals surface area (Å²) in [6.45, 7) is 2.19. The minimum absolute atomic E-state index is 0.782. The number of rotatable bonds is 5. The van der Waals surface area contributed by atoms with E-state index in [1.54, 1.807) is 11.8 Å². The van der Waals surface area contributed by atoms with Crippen molar-refractivity contribution in [3.63, 3.8) is 0 Å². The third-order valence-corrected chi connectivity index (χ3v) is 2.95. The summed E-state index contributed by atoms with van der Waals surface area (Å²) < 4.78 is 0. The van der Waals surface area contributed by atoms with Crippen LogP contribution in [0.1, 0.15) is 32.6 Å². The van der Waals surface area contributed by atoms with Crippen molar-refractivity contribution in [1.29, 1.82) is 5.41 Å². The molecule has 0 radical (unpaired) electrons. The van der Waals surface area contributed by atoms with E-state index in [4.69, 9.17) is 5.41 Å². The lowest BCUT2D eigenvalue weighted by Crippen LogP contribution is -1.89. The molecule has 2 heteroatoms. The zero-order chi connectivity index (χ0) is 10.2. The maximum absolute atomic E-state index is 7.77. The van der Waals surface area contributed by atoms with E-state index in [0.717, 1.165) is 17.9 Å². The summed E-state index contributed by atoms with van der Waals surface area (Å²) in [7, 11) is 0. The molecule has 0 fully saturated rings. The second-order valence-corrected chi connectivity index (χ2v) is 4.46. The monoisotopic (exact) mass is 207 g/mol.